The average Bonchev–Trinajstić information content (AvgIpc) is 2.93. The van der Waals surface area contributed by atoms with Crippen molar-refractivity contribution >= 4 is 17.5 Å². The lowest BCUT2D eigenvalue weighted by atomic mass is 10.2. The van der Waals surface area contributed by atoms with Crippen LogP contribution < -0.4 is 10.2 Å². The molecule has 0 spiro atoms. The van der Waals surface area contributed by atoms with E-state index in [1.54, 1.807) is 10.8 Å². The lowest BCUT2D eigenvalue weighted by Crippen LogP contribution is -2.48. The third-order valence-electron chi connectivity index (χ3n) is 4.18. The number of nitrogens with one attached hydrogen (secondary N) is 1. The van der Waals surface area contributed by atoms with Crippen LogP contribution in [0.2, 0.25) is 0 Å². The Kier molecular flexibility index (Phi) is 4.62. The minimum atomic E-state index is -0.0108. The average molecular weight is 313 g/mol. The standard InChI is InChI=1S/C17H23N5O/c1-14-4-3-5-15(12-14)22-10-8-21(9-11-22)13-16(23)19-17-18-6-7-20(17)2/h3-7,12H,8-11,13H2,1-2H3,(H,18,19,23). The Bertz CT molecular complexity index is 673. The van der Waals surface area contributed by atoms with Crippen molar-refractivity contribution in [3.8, 4) is 0 Å². The van der Waals surface area contributed by atoms with E-state index in [0.717, 1.165) is 26.2 Å². The number of benzene rings is 1. The molecule has 23 heavy (non-hydrogen) atoms. The van der Waals surface area contributed by atoms with Gasteiger partial charge in [-0.3, -0.25) is 15.0 Å². The summed E-state index contributed by atoms with van der Waals surface area (Å²) in [5.74, 6) is 0.580. The van der Waals surface area contributed by atoms with Crippen LogP contribution in [0.25, 0.3) is 0 Å². The summed E-state index contributed by atoms with van der Waals surface area (Å²) in [7, 11) is 1.86. The van der Waals surface area contributed by atoms with Gasteiger partial charge in [0.2, 0.25) is 11.9 Å². The number of hydrogen-bond acceptors (Lipinski definition) is 4. The fourth-order valence-electron chi connectivity index (χ4n) is 2.84. The second kappa shape index (κ2) is 6.83. The van der Waals surface area contributed by atoms with E-state index in [9.17, 15) is 4.79 Å². The van der Waals surface area contributed by atoms with Crippen molar-refractivity contribution in [2.45, 2.75) is 6.92 Å². The van der Waals surface area contributed by atoms with Gasteiger partial charge in [-0.05, 0) is 24.6 Å². The van der Waals surface area contributed by atoms with Gasteiger partial charge in [0.25, 0.3) is 0 Å². The molecule has 1 amide bonds. The zero-order chi connectivity index (χ0) is 16.2. The lowest BCUT2D eigenvalue weighted by Gasteiger charge is -2.35. The van der Waals surface area contributed by atoms with Crippen molar-refractivity contribution in [2.24, 2.45) is 7.05 Å². The molecular weight excluding hydrogens is 290 g/mol. The quantitative estimate of drug-likeness (QED) is 0.929. The number of rotatable bonds is 4. The van der Waals surface area contributed by atoms with Gasteiger partial charge in [0.05, 0.1) is 6.54 Å². The number of aryl methyl sites for hydroxylation is 2. The Morgan fingerprint density at radius 3 is 2.70 bits per heavy atom. The summed E-state index contributed by atoms with van der Waals surface area (Å²) in [6.07, 6.45) is 3.49. The SMILES string of the molecule is Cc1cccc(N2CCN(CC(=O)Nc3nccn3C)CC2)c1. The van der Waals surface area contributed by atoms with Crippen LogP contribution in [0, 0.1) is 6.92 Å². The van der Waals surface area contributed by atoms with E-state index in [2.05, 4.69) is 51.3 Å². The van der Waals surface area contributed by atoms with Crippen LogP contribution in [0.4, 0.5) is 11.6 Å². The molecule has 1 fully saturated rings. The van der Waals surface area contributed by atoms with Crippen LogP contribution in [0.1, 0.15) is 5.56 Å². The van der Waals surface area contributed by atoms with Crippen LogP contribution in [-0.2, 0) is 11.8 Å². The monoisotopic (exact) mass is 313 g/mol. The first-order chi connectivity index (χ1) is 11.1. The molecule has 2 heterocycles. The van der Waals surface area contributed by atoms with E-state index in [1.165, 1.54) is 11.3 Å². The van der Waals surface area contributed by atoms with Crippen LogP contribution in [-0.4, -0.2) is 53.1 Å². The molecule has 3 rings (SSSR count). The molecule has 0 saturated carbocycles. The molecule has 1 aliphatic rings. The van der Waals surface area contributed by atoms with Crippen molar-refractivity contribution in [1.29, 1.82) is 0 Å². The van der Waals surface area contributed by atoms with Crippen LogP contribution in [0.15, 0.2) is 36.7 Å². The molecule has 0 unspecified atom stereocenters. The van der Waals surface area contributed by atoms with Crippen molar-refractivity contribution in [1.82, 2.24) is 14.5 Å². The summed E-state index contributed by atoms with van der Waals surface area (Å²) in [4.78, 5) is 20.8. The Morgan fingerprint density at radius 1 is 1.26 bits per heavy atom. The van der Waals surface area contributed by atoms with Gasteiger partial charge in [-0.2, -0.15) is 0 Å². The Hall–Kier alpha value is -2.34. The zero-order valence-corrected chi connectivity index (χ0v) is 13.7. The fraction of sp³-hybridized carbons (Fsp3) is 0.412. The highest BCUT2D eigenvalue weighted by molar-refractivity contribution is 5.90. The topological polar surface area (TPSA) is 53.4 Å². The summed E-state index contributed by atoms with van der Waals surface area (Å²) < 4.78 is 1.80. The van der Waals surface area contributed by atoms with Gasteiger partial charge in [-0.25, -0.2) is 4.98 Å². The molecule has 1 saturated heterocycles. The number of piperazine rings is 1. The van der Waals surface area contributed by atoms with Crippen LogP contribution in [0.5, 0.6) is 0 Å². The predicted octanol–water partition coefficient (Wildman–Crippen LogP) is 1.49. The molecule has 6 heteroatoms. The van der Waals surface area contributed by atoms with Gasteiger partial charge in [-0.1, -0.05) is 12.1 Å². The summed E-state index contributed by atoms with van der Waals surface area (Å²) in [6, 6.07) is 8.57. The molecular formula is C17H23N5O. The normalized spacial score (nSPS) is 15.7. The maximum atomic E-state index is 12.1. The summed E-state index contributed by atoms with van der Waals surface area (Å²) >= 11 is 0. The minimum Gasteiger partial charge on any atom is -0.369 e. The van der Waals surface area contributed by atoms with Crippen LogP contribution >= 0.6 is 0 Å². The molecule has 6 nitrogen and oxygen atoms in total. The molecule has 1 N–H and O–H groups in total. The number of carbonyl (C=O) groups excluding carboxylic acids is 1. The van der Waals surface area contributed by atoms with Crippen molar-refractivity contribution in [2.75, 3.05) is 42.9 Å². The highest BCUT2D eigenvalue weighted by Gasteiger charge is 2.19. The highest BCUT2D eigenvalue weighted by atomic mass is 16.2. The molecule has 1 aliphatic heterocycles. The van der Waals surface area contributed by atoms with E-state index in [4.69, 9.17) is 0 Å². The first-order valence-corrected chi connectivity index (χ1v) is 7.93. The van der Waals surface area contributed by atoms with Gasteiger partial charge in [0, 0.05) is 51.3 Å². The van der Waals surface area contributed by atoms with E-state index in [1.807, 2.05) is 13.2 Å². The van der Waals surface area contributed by atoms with Gasteiger partial charge >= 0.3 is 0 Å². The smallest absolute Gasteiger partial charge is 0.240 e. The minimum absolute atomic E-state index is 0.0108. The third kappa shape index (κ3) is 3.90. The van der Waals surface area contributed by atoms with Gasteiger partial charge < -0.3 is 9.47 Å². The second-order valence-corrected chi connectivity index (χ2v) is 6.01. The second-order valence-electron chi connectivity index (χ2n) is 6.01. The Balaban J connectivity index is 1.49. The summed E-state index contributed by atoms with van der Waals surface area (Å²) in [6.45, 7) is 6.19. The molecule has 0 bridgehead atoms. The fourth-order valence-corrected chi connectivity index (χ4v) is 2.84. The molecule has 1 aromatic heterocycles. The molecule has 2 aromatic rings. The summed E-state index contributed by atoms with van der Waals surface area (Å²) in [5, 5.41) is 2.85. The summed E-state index contributed by atoms with van der Waals surface area (Å²) in [5.41, 5.74) is 2.54. The van der Waals surface area contributed by atoms with Gasteiger partial charge in [0.1, 0.15) is 0 Å². The van der Waals surface area contributed by atoms with Crippen molar-refractivity contribution in [3.63, 3.8) is 0 Å². The first-order valence-electron chi connectivity index (χ1n) is 7.93. The van der Waals surface area contributed by atoms with E-state index >= 15 is 0 Å². The van der Waals surface area contributed by atoms with Gasteiger partial charge in [-0.15, -0.1) is 0 Å². The number of imidazole rings is 1. The number of carbonyl (C=O) groups is 1. The van der Waals surface area contributed by atoms with Gasteiger partial charge in [0.15, 0.2) is 0 Å². The molecule has 0 atom stereocenters. The number of hydrogen-bond donors (Lipinski definition) is 1. The van der Waals surface area contributed by atoms with E-state index < -0.39 is 0 Å². The van der Waals surface area contributed by atoms with Crippen molar-refractivity contribution in [3.05, 3.63) is 42.2 Å². The molecule has 122 valence electrons. The lowest BCUT2D eigenvalue weighted by molar-refractivity contribution is -0.117. The highest BCUT2D eigenvalue weighted by Crippen LogP contribution is 2.17. The Morgan fingerprint density at radius 2 is 2.04 bits per heavy atom. The number of amides is 1. The van der Waals surface area contributed by atoms with Crippen molar-refractivity contribution < 1.29 is 4.79 Å². The third-order valence-corrected chi connectivity index (χ3v) is 4.18. The maximum Gasteiger partial charge on any atom is 0.240 e. The maximum absolute atomic E-state index is 12.1. The molecule has 1 aromatic carbocycles. The zero-order valence-electron chi connectivity index (χ0n) is 13.7. The Labute approximate surface area is 136 Å². The first kappa shape index (κ1) is 15.6. The largest absolute Gasteiger partial charge is 0.369 e. The number of anilines is 2. The molecule has 0 aliphatic carbocycles. The van der Waals surface area contributed by atoms with E-state index in [-0.39, 0.29) is 5.91 Å². The molecule has 0 radical (unpaired) electrons. The van der Waals surface area contributed by atoms with E-state index in [0.29, 0.717) is 12.5 Å². The number of aromatic nitrogens is 2. The van der Waals surface area contributed by atoms with Crippen LogP contribution in [0.3, 0.4) is 0 Å². The predicted molar refractivity (Wildman–Crippen MR) is 91.7 cm³/mol. The number of nitrogens with zero attached hydrogens (tertiary/aromatic N) is 4.